The highest BCUT2D eigenvalue weighted by Gasteiger charge is 2.22. The fraction of sp³-hybridized carbons (Fsp3) is 0.269. The Morgan fingerprint density at radius 1 is 1.06 bits per heavy atom. The van der Waals surface area contributed by atoms with Crippen molar-refractivity contribution in [2.45, 2.75) is 24.3 Å². The van der Waals surface area contributed by atoms with Gasteiger partial charge in [0.25, 0.3) is 5.91 Å². The van der Waals surface area contributed by atoms with Gasteiger partial charge in [0.1, 0.15) is 10.8 Å². The predicted molar refractivity (Wildman–Crippen MR) is 138 cm³/mol. The van der Waals surface area contributed by atoms with Crippen molar-refractivity contribution in [3.8, 4) is 5.75 Å². The molecule has 4 aromatic rings. The molecule has 36 heavy (non-hydrogen) atoms. The average Bonchev–Trinajstić information content (AvgIpc) is 3.33. The summed E-state index contributed by atoms with van der Waals surface area (Å²) >= 11 is 1.39. The third-order valence-corrected chi connectivity index (χ3v) is 6.95. The van der Waals surface area contributed by atoms with Crippen LogP contribution in [0.2, 0.25) is 0 Å². The molecule has 184 valence electrons. The number of ether oxygens (including phenoxy) is 1. The summed E-state index contributed by atoms with van der Waals surface area (Å²) in [4.78, 5) is 27.2. The molecule has 0 saturated carbocycles. The molecule has 1 N–H and O–H groups in total. The molecule has 10 heteroatoms. The first kappa shape index (κ1) is 23.8. The number of rotatable bonds is 8. The number of nitrogens with zero attached hydrogens (tertiary/aromatic N) is 5. The van der Waals surface area contributed by atoms with E-state index in [0.717, 1.165) is 25.1 Å². The molecule has 0 bridgehead atoms. The maximum atomic E-state index is 13.0. The maximum Gasteiger partial charge on any atom is 0.251 e. The van der Waals surface area contributed by atoms with Crippen molar-refractivity contribution in [3.63, 3.8) is 0 Å². The van der Waals surface area contributed by atoms with Gasteiger partial charge in [-0.05, 0) is 60.9 Å². The summed E-state index contributed by atoms with van der Waals surface area (Å²) in [5.74, 6) is 1.53. The van der Waals surface area contributed by atoms with Gasteiger partial charge < -0.3 is 15.0 Å². The van der Waals surface area contributed by atoms with E-state index in [0.29, 0.717) is 46.5 Å². The minimum atomic E-state index is -0.173. The Balaban J connectivity index is 1.19. The third kappa shape index (κ3) is 5.18. The summed E-state index contributed by atoms with van der Waals surface area (Å²) in [7, 11) is 1.58. The molecule has 1 aliphatic heterocycles. The number of hydrogen-bond donors (Lipinski definition) is 1. The Morgan fingerprint density at radius 2 is 1.89 bits per heavy atom. The Bertz CT molecular complexity index is 1390. The van der Waals surface area contributed by atoms with E-state index in [1.54, 1.807) is 35.9 Å². The first-order chi connectivity index (χ1) is 17.6. The van der Waals surface area contributed by atoms with Gasteiger partial charge in [0.05, 0.1) is 12.9 Å². The fourth-order valence-electron chi connectivity index (χ4n) is 4.19. The molecular weight excluding hydrogens is 476 g/mol. The van der Waals surface area contributed by atoms with Crippen LogP contribution in [0.4, 0.5) is 5.69 Å². The van der Waals surface area contributed by atoms with Gasteiger partial charge in [-0.2, -0.15) is 9.61 Å². The number of aromatic nitrogens is 4. The Hall–Kier alpha value is -3.92. The van der Waals surface area contributed by atoms with Crippen molar-refractivity contribution in [3.05, 3.63) is 77.6 Å². The van der Waals surface area contributed by atoms with E-state index in [4.69, 9.17) is 4.74 Å². The van der Waals surface area contributed by atoms with Gasteiger partial charge in [0.15, 0.2) is 11.5 Å². The van der Waals surface area contributed by atoms with Crippen LogP contribution in [-0.4, -0.2) is 57.6 Å². The Morgan fingerprint density at radius 3 is 2.72 bits per heavy atom. The van der Waals surface area contributed by atoms with Crippen molar-refractivity contribution >= 4 is 34.9 Å². The molecule has 9 nitrogen and oxygen atoms in total. The number of anilines is 1. The fourth-order valence-corrected chi connectivity index (χ4v) is 4.92. The largest absolute Gasteiger partial charge is 0.497 e. The number of carbonyl (C=O) groups excluding carboxylic acids is 2. The first-order valence-corrected chi connectivity index (χ1v) is 12.8. The number of hydrogen-bond acceptors (Lipinski definition) is 7. The molecule has 0 unspecified atom stereocenters. The summed E-state index contributed by atoms with van der Waals surface area (Å²) in [5, 5.41) is 16.6. The number of fused-ring (bicyclic) bond motifs is 2. The van der Waals surface area contributed by atoms with Crippen LogP contribution in [0, 0.1) is 0 Å². The van der Waals surface area contributed by atoms with Crippen molar-refractivity contribution < 1.29 is 14.3 Å². The molecule has 2 amide bonds. The van der Waals surface area contributed by atoms with E-state index >= 15 is 0 Å². The van der Waals surface area contributed by atoms with E-state index < -0.39 is 0 Å². The van der Waals surface area contributed by atoms with Crippen LogP contribution in [-0.2, 0) is 17.6 Å². The Labute approximate surface area is 212 Å². The number of para-hydroxylation sites is 1. The van der Waals surface area contributed by atoms with Gasteiger partial charge in [-0.25, -0.2) is 0 Å². The number of benzene rings is 2. The number of methoxy groups -OCH3 is 1. The molecular formula is C26H26N6O3S. The molecule has 0 atom stereocenters. The third-order valence-electron chi connectivity index (χ3n) is 6.04. The van der Waals surface area contributed by atoms with Crippen LogP contribution in [0.3, 0.4) is 0 Å². The number of nitrogens with one attached hydrogen (secondary N) is 1. The highest BCUT2D eigenvalue weighted by Crippen LogP contribution is 2.28. The normalized spacial score (nSPS) is 12.9. The zero-order chi connectivity index (χ0) is 24.9. The lowest BCUT2D eigenvalue weighted by molar-refractivity contribution is -0.116. The number of carbonyl (C=O) groups is 2. The molecule has 0 saturated heterocycles. The average molecular weight is 503 g/mol. The summed E-state index contributed by atoms with van der Waals surface area (Å²) in [6, 6.07) is 18.7. The standard InChI is InChI=1S/C26H26N6O3S/c1-35-20-10-8-19(9-11-20)26(34)27-15-14-23-29-28-22-12-13-24(30-32(22)23)36-17-25(33)31-16-4-6-18-5-2-3-7-21(18)31/h2-3,5,7-13H,4,6,14-17H2,1H3,(H,27,34). The summed E-state index contributed by atoms with van der Waals surface area (Å²) in [5.41, 5.74) is 3.40. The zero-order valence-corrected chi connectivity index (χ0v) is 20.7. The Kier molecular flexibility index (Phi) is 7.13. The smallest absolute Gasteiger partial charge is 0.251 e. The zero-order valence-electron chi connectivity index (χ0n) is 19.9. The van der Waals surface area contributed by atoms with Crippen LogP contribution < -0.4 is 15.0 Å². The van der Waals surface area contributed by atoms with Crippen LogP contribution >= 0.6 is 11.8 Å². The van der Waals surface area contributed by atoms with Gasteiger partial charge in [-0.3, -0.25) is 9.59 Å². The van der Waals surface area contributed by atoms with E-state index in [2.05, 4.69) is 26.7 Å². The number of aryl methyl sites for hydroxylation is 1. The summed E-state index contributed by atoms with van der Waals surface area (Å²) in [6.45, 7) is 1.12. The molecule has 0 fully saturated rings. The van der Waals surface area contributed by atoms with Gasteiger partial charge >= 0.3 is 0 Å². The molecule has 2 aromatic heterocycles. The molecule has 3 heterocycles. The second-order valence-electron chi connectivity index (χ2n) is 8.36. The quantitative estimate of drug-likeness (QED) is 0.369. The second-order valence-corrected chi connectivity index (χ2v) is 9.35. The lowest BCUT2D eigenvalue weighted by atomic mass is 10.0. The minimum absolute atomic E-state index is 0.0688. The van der Waals surface area contributed by atoms with Crippen molar-refractivity contribution in [2.75, 3.05) is 30.9 Å². The van der Waals surface area contributed by atoms with Crippen LogP contribution in [0.5, 0.6) is 5.75 Å². The van der Waals surface area contributed by atoms with Crippen LogP contribution in [0.25, 0.3) is 5.65 Å². The first-order valence-electron chi connectivity index (χ1n) is 11.8. The van der Waals surface area contributed by atoms with E-state index in [9.17, 15) is 9.59 Å². The molecule has 5 rings (SSSR count). The molecule has 2 aromatic carbocycles. The lowest BCUT2D eigenvalue weighted by Gasteiger charge is -2.29. The van der Waals surface area contributed by atoms with Gasteiger partial charge in [-0.1, -0.05) is 30.0 Å². The predicted octanol–water partition coefficient (Wildman–Crippen LogP) is 3.18. The monoisotopic (exact) mass is 502 g/mol. The highest BCUT2D eigenvalue weighted by atomic mass is 32.2. The van der Waals surface area contributed by atoms with Gasteiger partial charge in [0.2, 0.25) is 5.91 Å². The maximum absolute atomic E-state index is 13.0. The van der Waals surface area contributed by atoms with Gasteiger partial charge in [0, 0.05) is 30.8 Å². The minimum Gasteiger partial charge on any atom is -0.497 e. The van der Waals surface area contributed by atoms with Crippen LogP contribution in [0.1, 0.15) is 28.2 Å². The van der Waals surface area contributed by atoms with Crippen molar-refractivity contribution in [1.82, 2.24) is 25.1 Å². The molecule has 1 aliphatic rings. The van der Waals surface area contributed by atoms with E-state index in [-0.39, 0.29) is 11.8 Å². The van der Waals surface area contributed by atoms with E-state index in [1.807, 2.05) is 35.2 Å². The summed E-state index contributed by atoms with van der Waals surface area (Å²) < 4.78 is 6.79. The number of thioether (sulfide) groups is 1. The lowest BCUT2D eigenvalue weighted by Crippen LogP contribution is -2.36. The SMILES string of the molecule is COc1ccc(C(=O)NCCc2nnc3ccc(SCC(=O)N4CCCc5ccccc54)nn23)cc1. The van der Waals surface area contributed by atoms with E-state index in [1.165, 1.54) is 17.3 Å². The van der Waals surface area contributed by atoms with Gasteiger partial charge in [-0.15, -0.1) is 10.2 Å². The van der Waals surface area contributed by atoms with Crippen LogP contribution in [0.15, 0.2) is 65.7 Å². The van der Waals surface area contributed by atoms with Crippen molar-refractivity contribution in [2.24, 2.45) is 0 Å². The summed E-state index contributed by atoms with van der Waals surface area (Å²) in [6.07, 6.45) is 2.44. The molecule has 0 aliphatic carbocycles. The molecule has 0 radical (unpaired) electrons. The van der Waals surface area contributed by atoms with Crippen molar-refractivity contribution in [1.29, 1.82) is 0 Å². The number of amides is 2. The topological polar surface area (TPSA) is 102 Å². The molecule has 0 spiro atoms. The second kappa shape index (κ2) is 10.8. The highest BCUT2D eigenvalue weighted by molar-refractivity contribution is 7.99.